The summed E-state index contributed by atoms with van der Waals surface area (Å²) in [5.74, 6) is 0.357. The van der Waals surface area contributed by atoms with Gasteiger partial charge in [0.2, 0.25) is 0 Å². The second-order valence-electron chi connectivity index (χ2n) is 3.47. The van der Waals surface area contributed by atoms with Gasteiger partial charge in [0.1, 0.15) is 18.2 Å². The number of rotatable bonds is 1. The van der Waals surface area contributed by atoms with Gasteiger partial charge in [-0.1, -0.05) is 0 Å². The molecule has 15 heavy (non-hydrogen) atoms. The number of fused-ring (bicyclic) bond motifs is 1. The van der Waals surface area contributed by atoms with Crippen molar-refractivity contribution in [3.8, 4) is 5.75 Å². The molecular formula is C10H11FN2O2. The standard InChI is InChI=1S/C10H11FN2O2/c11-7-1-2-9-6(3-7)4-8(5-15-9)13-10(12)14/h1-3,8H,4-5H2,(H3,12,13,14). The Morgan fingerprint density at radius 3 is 3.13 bits per heavy atom. The summed E-state index contributed by atoms with van der Waals surface area (Å²) in [6.45, 7) is 0.363. The van der Waals surface area contributed by atoms with Crippen LogP contribution in [0.25, 0.3) is 0 Å². The Morgan fingerprint density at radius 1 is 1.60 bits per heavy atom. The van der Waals surface area contributed by atoms with Gasteiger partial charge in [-0.15, -0.1) is 0 Å². The van der Waals surface area contributed by atoms with Crippen molar-refractivity contribution in [3.05, 3.63) is 29.6 Å². The maximum atomic E-state index is 12.9. The Bertz CT molecular complexity index is 395. The Morgan fingerprint density at radius 2 is 2.40 bits per heavy atom. The molecule has 0 fully saturated rings. The first-order chi connectivity index (χ1) is 7.15. The molecule has 0 saturated carbocycles. The molecule has 1 aromatic rings. The van der Waals surface area contributed by atoms with Crippen molar-refractivity contribution in [1.82, 2.24) is 5.32 Å². The molecule has 1 aliphatic rings. The number of nitrogens with one attached hydrogen (secondary N) is 1. The van der Waals surface area contributed by atoms with E-state index in [-0.39, 0.29) is 11.9 Å². The minimum Gasteiger partial charge on any atom is -0.491 e. The second kappa shape index (κ2) is 3.76. The van der Waals surface area contributed by atoms with Crippen LogP contribution in [0.1, 0.15) is 5.56 Å². The van der Waals surface area contributed by atoms with Crippen molar-refractivity contribution in [1.29, 1.82) is 0 Å². The van der Waals surface area contributed by atoms with Gasteiger partial charge in [0, 0.05) is 0 Å². The summed E-state index contributed by atoms with van der Waals surface area (Å²) in [6.07, 6.45) is 0.538. The second-order valence-corrected chi connectivity index (χ2v) is 3.47. The number of halogens is 1. The molecule has 4 nitrogen and oxygen atoms in total. The van der Waals surface area contributed by atoms with Crippen LogP contribution in [0.3, 0.4) is 0 Å². The largest absolute Gasteiger partial charge is 0.491 e. The molecule has 80 valence electrons. The summed E-state index contributed by atoms with van der Waals surface area (Å²) in [7, 11) is 0. The molecule has 2 rings (SSSR count). The SMILES string of the molecule is NC(=O)NC1COc2ccc(F)cc2C1. The highest BCUT2D eigenvalue weighted by molar-refractivity contribution is 5.72. The van der Waals surface area contributed by atoms with E-state index < -0.39 is 6.03 Å². The Labute approximate surface area is 86.2 Å². The Kier molecular flexibility index (Phi) is 2.45. The van der Waals surface area contributed by atoms with Crippen LogP contribution in [0.5, 0.6) is 5.75 Å². The normalized spacial score (nSPS) is 18.9. The van der Waals surface area contributed by atoms with E-state index in [9.17, 15) is 9.18 Å². The van der Waals surface area contributed by atoms with E-state index in [0.717, 1.165) is 5.56 Å². The van der Waals surface area contributed by atoms with Gasteiger partial charge in [-0.05, 0) is 30.2 Å². The van der Waals surface area contributed by atoms with Crippen LogP contribution in [0.15, 0.2) is 18.2 Å². The number of ether oxygens (including phenoxy) is 1. The predicted octanol–water partition coefficient (Wildman–Crippen LogP) is 0.797. The van der Waals surface area contributed by atoms with Crippen molar-refractivity contribution < 1.29 is 13.9 Å². The monoisotopic (exact) mass is 210 g/mol. The number of amides is 2. The fourth-order valence-corrected chi connectivity index (χ4v) is 1.66. The van der Waals surface area contributed by atoms with Crippen LogP contribution in [0.2, 0.25) is 0 Å². The molecule has 1 atom stereocenters. The number of benzene rings is 1. The summed E-state index contributed by atoms with van der Waals surface area (Å²) in [5.41, 5.74) is 5.74. The van der Waals surface area contributed by atoms with Crippen molar-refractivity contribution in [3.63, 3.8) is 0 Å². The molecular weight excluding hydrogens is 199 g/mol. The molecule has 0 aromatic heterocycles. The lowest BCUT2D eigenvalue weighted by atomic mass is 10.0. The molecule has 0 aliphatic carbocycles. The minimum atomic E-state index is -0.594. The van der Waals surface area contributed by atoms with Crippen LogP contribution in [0, 0.1) is 5.82 Å². The highest BCUT2D eigenvalue weighted by atomic mass is 19.1. The van der Waals surface area contributed by atoms with Crippen molar-refractivity contribution in [2.24, 2.45) is 5.73 Å². The van der Waals surface area contributed by atoms with E-state index in [2.05, 4.69) is 5.32 Å². The van der Waals surface area contributed by atoms with Gasteiger partial charge in [-0.2, -0.15) is 0 Å². The summed E-state index contributed by atoms with van der Waals surface area (Å²) in [6, 6.07) is 3.57. The first-order valence-corrected chi connectivity index (χ1v) is 4.62. The molecule has 0 spiro atoms. The smallest absolute Gasteiger partial charge is 0.312 e. The lowest BCUT2D eigenvalue weighted by molar-refractivity contribution is 0.220. The number of primary amides is 1. The molecule has 0 bridgehead atoms. The van der Waals surface area contributed by atoms with Gasteiger partial charge in [0.15, 0.2) is 0 Å². The highest BCUT2D eigenvalue weighted by Crippen LogP contribution is 2.25. The van der Waals surface area contributed by atoms with Crippen LogP contribution < -0.4 is 15.8 Å². The third-order valence-electron chi connectivity index (χ3n) is 2.28. The average Bonchev–Trinajstić information content (AvgIpc) is 2.16. The predicted molar refractivity (Wildman–Crippen MR) is 52.1 cm³/mol. The number of carbonyl (C=O) groups excluding carboxylic acids is 1. The third-order valence-corrected chi connectivity index (χ3v) is 2.28. The number of hydrogen-bond donors (Lipinski definition) is 2. The molecule has 1 aromatic carbocycles. The van der Waals surface area contributed by atoms with Crippen LogP contribution >= 0.6 is 0 Å². The zero-order chi connectivity index (χ0) is 10.8. The average molecular weight is 210 g/mol. The van der Waals surface area contributed by atoms with E-state index >= 15 is 0 Å². The molecule has 1 unspecified atom stereocenters. The Hall–Kier alpha value is -1.78. The molecule has 2 amide bonds. The maximum absolute atomic E-state index is 12.9. The van der Waals surface area contributed by atoms with Gasteiger partial charge >= 0.3 is 6.03 Å². The summed E-state index contributed by atoms with van der Waals surface area (Å²) >= 11 is 0. The topological polar surface area (TPSA) is 64.4 Å². The van der Waals surface area contributed by atoms with Crippen LogP contribution in [-0.4, -0.2) is 18.7 Å². The zero-order valence-electron chi connectivity index (χ0n) is 8.00. The first kappa shape index (κ1) is 9.76. The zero-order valence-corrected chi connectivity index (χ0v) is 8.00. The van der Waals surface area contributed by atoms with E-state index in [1.165, 1.54) is 12.1 Å². The number of hydrogen-bond acceptors (Lipinski definition) is 2. The van der Waals surface area contributed by atoms with E-state index in [1.807, 2.05) is 0 Å². The molecule has 1 aliphatic heterocycles. The molecule has 3 N–H and O–H groups in total. The number of nitrogens with two attached hydrogens (primary N) is 1. The lowest BCUT2D eigenvalue weighted by Gasteiger charge is -2.25. The van der Waals surface area contributed by atoms with Gasteiger partial charge in [0.05, 0.1) is 6.04 Å². The van der Waals surface area contributed by atoms with Gasteiger partial charge in [-0.3, -0.25) is 0 Å². The minimum absolute atomic E-state index is 0.184. The summed E-state index contributed by atoms with van der Waals surface area (Å²) in [5, 5.41) is 2.53. The fourth-order valence-electron chi connectivity index (χ4n) is 1.66. The molecule has 5 heteroatoms. The van der Waals surface area contributed by atoms with Gasteiger partial charge in [0.25, 0.3) is 0 Å². The van der Waals surface area contributed by atoms with Crippen LogP contribution in [-0.2, 0) is 6.42 Å². The van der Waals surface area contributed by atoms with Gasteiger partial charge < -0.3 is 15.8 Å². The molecule has 1 heterocycles. The van der Waals surface area contributed by atoms with Crippen molar-refractivity contribution in [2.45, 2.75) is 12.5 Å². The highest BCUT2D eigenvalue weighted by Gasteiger charge is 2.20. The van der Waals surface area contributed by atoms with Gasteiger partial charge in [-0.25, -0.2) is 9.18 Å². The van der Waals surface area contributed by atoms with E-state index in [0.29, 0.717) is 18.8 Å². The van der Waals surface area contributed by atoms with E-state index in [4.69, 9.17) is 10.5 Å². The first-order valence-electron chi connectivity index (χ1n) is 4.62. The third kappa shape index (κ3) is 2.18. The van der Waals surface area contributed by atoms with Crippen LogP contribution in [0.4, 0.5) is 9.18 Å². The van der Waals surface area contributed by atoms with Crippen molar-refractivity contribution >= 4 is 6.03 Å². The fraction of sp³-hybridized carbons (Fsp3) is 0.300. The van der Waals surface area contributed by atoms with E-state index in [1.54, 1.807) is 6.07 Å². The molecule has 0 radical (unpaired) electrons. The lowest BCUT2D eigenvalue weighted by Crippen LogP contribution is -2.45. The number of carbonyl (C=O) groups is 1. The maximum Gasteiger partial charge on any atom is 0.312 e. The quantitative estimate of drug-likeness (QED) is 0.720. The van der Waals surface area contributed by atoms with Crippen molar-refractivity contribution in [2.75, 3.05) is 6.61 Å². The Balaban J connectivity index is 2.14. The number of urea groups is 1. The molecule has 0 saturated heterocycles. The summed E-state index contributed by atoms with van der Waals surface area (Å²) < 4.78 is 18.3. The summed E-state index contributed by atoms with van der Waals surface area (Å²) in [4.78, 5) is 10.6.